The lowest BCUT2D eigenvalue weighted by atomic mass is 10.0. The first kappa shape index (κ1) is 21.1. The molecule has 30 heavy (non-hydrogen) atoms. The molecule has 0 aliphatic carbocycles. The number of carbonyl (C=O) groups is 1. The molecule has 2 aliphatic rings. The summed E-state index contributed by atoms with van der Waals surface area (Å²) in [5, 5.41) is 0. The molecule has 0 bridgehead atoms. The van der Waals surface area contributed by atoms with Crippen molar-refractivity contribution in [1.29, 1.82) is 0 Å². The molecule has 0 spiro atoms. The van der Waals surface area contributed by atoms with Crippen LogP contribution in [-0.2, 0) is 10.0 Å². The Bertz CT molecular complexity index is 1090. The van der Waals surface area contributed by atoms with Crippen LogP contribution < -0.4 is 9.47 Å². The van der Waals surface area contributed by atoms with E-state index < -0.39 is 10.0 Å². The number of carbonyl (C=O) groups excluding carboxylic acids is 1. The molecule has 1 atom stereocenters. The summed E-state index contributed by atoms with van der Waals surface area (Å²) in [6.07, 6.45) is 1.72. The van der Waals surface area contributed by atoms with Gasteiger partial charge in [0.15, 0.2) is 11.5 Å². The van der Waals surface area contributed by atoms with Gasteiger partial charge in [-0.3, -0.25) is 4.79 Å². The molecule has 2 heterocycles. The van der Waals surface area contributed by atoms with E-state index in [9.17, 15) is 13.2 Å². The maximum atomic E-state index is 13.3. The molecule has 7 nitrogen and oxygen atoms in total. The highest BCUT2D eigenvalue weighted by molar-refractivity contribution is 9.10. The number of amides is 1. The van der Waals surface area contributed by atoms with E-state index in [2.05, 4.69) is 15.9 Å². The standard InChI is InChI=1S/C21H23BrN2O5S/c1-23(2)30(26,27)20-13-15(5-7-16(20)22)21(25)24-9-3-4-17(24)14-6-8-18-19(12-14)29-11-10-28-18/h5-8,12-13,17H,3-4,9-11H2,1-2H3/t17-/m1/s1. The summed E-state index contributed by atoms with van der Waals surface area (Å²) < 4.78 is 38.1. The molecular formula is C21H23BrN2O5S. The molecule has 2 aromatic carbocycles. The number of rotatable bonds is 4. The zero-order chi connectivity index (χ0) is 21.5. The molecule has 1 amide bonds. The number of fused-ring (bicyclic) bond motifs is 1. The second-order valence-electron chi connectivity index (χ2n) is 7.49. The molecule has 0 radical (unpaired) electrons. The Labute approximate surface area is 184 Å². The lowest BCUT2D eigenvalue weighted by Gasteiger charge is -2.27. The highest BCUT2D eigenvalue weighted by Gasteiger charge is 2.32. The van der Waals surface area contributed by atoms with Gasteiger partial charge in [-0.25, -0.2) is 12.7 Å². The minimum atomic E-state index is -3.68. The predicted octanol–water partition coefficient (Wildman–Crippen LogP) is 3.45. The first-order chi connectivity index (χ1) is 14.3. The van der Waals surface area contributed by atoms with E-state index in [0.29, 0.717) is 41.3 Å². The van der Waals surface area contributed by atoms with Crippen molar-refractivity contribution in [1.82, 2.24) is 9.21 Å². The summed E-state index contributed by atoms with van der Waals surface area (Å²) in [4.78, 5) is 15.2. The average Bonchev–Trinajstić information content (AvgIpc) is 3.23. The summed E-state index contributed by atoms with van der Waals surface area (Å²) in [6, 6.07) is 10.4. The number of ether oxygens (including phenoxy) is 2. The fourth-order valence-corrected chi connectivity index (χ4v) is 5.66. The Morgan fingerprint density at radius 2 is 1.83 bits per heavy atom. The Morgan fingerprint density at radius 1 is 1.10 bits per heavy atom. The maximum absolute atomic E-state index is 13.3. The summed E-state index contributed by atoms with van der Waals surface area (Å²) in [5.41, 5.74) is 1.34. The second-order valence-corrected chi connectivity index (χ2v) is 10.5. The average molecular weight is 495 g/mol. The SMILES string of the molecule is CN(C)S(=O)(=O)c1cc(C(=O)N2CCC[C@@H]2c2ccc3c(c2)OCCO3)ccc1Br. The van der Waals surface area contributed by atoms with Crippen LogP contribution in [0.1, 0.15) is 34.8 Å². The summed E-state index contributed by atoms with van der Waals surface area (Å²) in [7, 11) is -0.744. The van der Waals surface area contributed by atoms with Crippen LogP contribution in [0.15, 0.2) is 45.8 Å². The lowest BCUT2D eigenvalue weighted by molar-refractivity contribution is 0.0735. The zero-order valence-corrected chi connectivity index (χ0v) is 19.2. The maximum Gasteiger partial charge on any atom is 0.254 e. The monoisotopic (exact) mass is 494 g/mol. The van der Waals surface area contributed by atoms with Crippen LogP contribution in [0.3, 0.4) is 0 Å². The number of hydrogen-bond acceptors (Lipinski definition) is 5. The van der Waals surface area contributed by atoms with Gasteiger partial charge < -0.3 is 14.4 Å². The number of nitrogens with zero attached hydrogens (tertiary/aromatic N) is 2. The van der Waals surface area contributed by atoms with Crippen molar-refractivity contribution >= 4 is 31.9 Å². The van der Waals surface area contributed by atoms with Gasteiger partial charge in [0.1, 0.15) is 13.2 Å². The molecule has 0 aromatic heterocycles. The largest absolute Gasteiger partial charge is 0.486 e. The van der Waals surface area contributed by atoms with E-state index >= 15 is 0 Å². The van der Waals surface area contributed by atoms with Crippen LogP contribution in [-0.4, -0.2) is 57.4 Å². The van der Waals surface area contributed by atoms with Gasteiger partial charge in [-0.05, 0) is 64.7 Å². The topological polar surface area (TPSA) is 76.2 Å². The normalized spacial score (nSPS) is 18.7. The Kier molecular flexibility index (Phi) is 5.78. The van der Waals surface area contributed by atoms with Crippen molar-refractivity contribution in [3.63, 3.8) is 0 Å². The molecule has 4 rings (SSSR count). The van der Waals surface area contributed by atoms with Crippen LogP contribution in [0.5, 0.6) is 11.5 Å². The molecule has 0 unspecified atom stereocenters. The fourth-order valence-electron chi connectivity index (χ4n) is 3.82. The number of halogens is 1. The van der Waals surface area contributed by atoms with E-state index in [0.717, 1.165) is 22.7 Å². The minimum absolute atomic E-state index is 0.0772. The molecule has 2 aromatic rings. The van der Waals surface area contributed by atoms with Crippen molar-refractivity contribution in [2.24, 2.45) is 0 Å². The molecule has 2 aliphatic heterocycles. The van der Waals surface area contributed by atoms with Gasteiger partial charge in [0, 0.05) is 30.7 Å². The van der Waals surface area contributed by atoms with Gasteiger partial charge in [-0.15, -0.1) is 0 Å². The number of sulfonamides is 1. The molecule has 1 fully saturated rings. The minimum Gasteiger partial charge on any atom is -0.486 e. The van der Waals surface area contributed by atoms with E-state index in [4.69, 9.17) is 9.47 Å². The Balaban J connectivity index is 1.65. The van der Waals surface area contributed by atoms with Crippen molar-refractivity contribution < 1.29 is 22.7 Å². The summed E-state index contributed by atoms with van der Waals surface area (Å²) in [6.45, 7) is 1.65. The van der Waals surface area contributed by atoms with Crippen molar-refractivity contribution in [3.05, 3.63) is 52.0 Å². The van der Waals surface area contributed by atoms with E-state index in [1.807, 2.05) is 18.2 Å². The molecule has 1 saturated heterocycles. The summed E-state index contributed by atoms with van der Waals surface area (Å²) in [5.74, 6) is 1.23. The van der Waals surface area contributed by atoms with Crippen molar-refractivity contribution in [2.75, 3.05) is 33.9 Å². The van der Waals surface area contributed by atoms with Gasteiger partial charge in [0.05, 0.1) is 10.9 Å². The van der Waals surface area contributed by atoms with Gasteiger partial charge in [0.2, 0.25) is 10.0 Å². The first-order valence-electron chi connectivity index (χ1n) is 9.71. The molecule has 0 N–H and O–H groups in total. The number of hydrogen-bond donors (Lipinski definition) is 0. The zero-order valence-electron chi connectivity index (χ0n) is 16.8. The predicted molar refractivity (Wildman–Crippen MR) is 115 cm³/mol. The molecule has 160 valence electrons. The smallest absolute Gasteiger partial charge is 0.254 e. The van der Waals surface area contributed by atoms with Crippen LogP contribution in [0.4, 0.5) is 0 Å². The first-order valence-corrected chi connectivity index (χ1v) is 11.9. The van der Waals surface area contributed by atoms with Crippen LogP contribution >= 0.6 is 15.9 Å². The van der Waals surface area contributed by atoms with Crippen LogP contribution in [0.25, 0.3) is 0 Å². The third-order valence-corrected chi connectivity index (χ3v) is 8.21. The number of benzene rings is 2. The third-order valence-electron chi connectivity index (χ3n) is 5.40. The van der Waals surface area contributed by atoms with Crippen LogP contribution in [0.2, 0.25) is 0 Å². The fraction of sp³-hybridized carbons (Fsp3) is 0.381. The lowest BCUT2D eigenvalue weighted by Crippen LogP contribution is -2.31. The number of likely N-dealkylation sites (tertiary alicyclic amines) is 1. The Hall–Kier alpha value is -2.10. The quantitative estimate of drug-likeness (QED) is 0.650. The Morgan fingerprint density at radius 3 is 2.57 bits per heavy atom. The highest BCUT2D eigenvalue weighted by Crippen LogP contribution is 2.39. The van der Waals surface area contributed by atoms with Crippen molar-refractivity contribution in [3.8, 4) is 11.5 Å². The van der Waals surface area contributed by atoms with Gasteiger partial charge in [0.25, 0.3) is 5.91 Å². The second kappa shape index (κ2) is 8.20. The van der Waals surface area contributed by atoms with Gasteiger partial charge >= 0.3 is 0 Å². The molecule has 0 saturated carbocycles. The molecular weight excluding hydrogens is 472 g/mol. The highest BCUT2D eigenvalue weighted by atomic mass is 79.9. The van der Waals surface area contributed by atoms with Gasteiger partial charge in [-0.1, -0.05) is 6.07 Å². The van der Waals surface area contributed by atoms with Crippen LogP contribution in [0, 0.1) is 0 Å². The third kappa shape index (κ3) is 3.81. The van der Waals surface area contributed by atoms with E-state index in [1.165, 1.54) is 20.2 Å². The summed E-state index contributed by atoms with van der Waals surface area (Å²) >= 11 is 3.29. The molecule has 9 heteroatoms. The van der Waals surface area contributed by atoms with Crippen molar-refractivity contribution in [2.45, 2.75) is 23.8 Å². The van der Waals surface area contributed by atoms with E-state index in [1.54, 1.807) is 17.0 Å². The van der Waals surface area contributed by atoms with E-state index in [-0.39, 0.29) is 16.8 Å². The van der Waals surface area contributed by atoms with Gasteiger partial charge in [-0.2, -0.15) is 0 Å².